The molecule has 0 fully saturated rings. The normalized spacial score (nSPS) is 10.1. The SMILES string of the molecule is CSc1cc(-c2ccc(C)cc2)[nH]c(=O)c1C#N. The molecule has 1 N–H and O–H groups in total. The third-order valence-electron chi connectivity index (χ3n) is 2.69. The van der Waals surface area contributed by atoms with Crippen LogP contribution in [0.4, 0.5) is 0 Å². The molecular weight excluding hydrogens is 244 g/mol. The summed E-state index contributed by atoms with van der Waals surface area (Å²) in [6.07, 6.45) is 1.86. The Balaban J connectivity index is 2.60. The second-order valence-corrected chi connectivity index (χ2v) is 4.78. The van der Waals surface area contributed by atoms with E-state index in [9.17, 15) is 4.79 Å². The molecule has 0 spiro atoms. The molecule has 1 heterocycles. The zero-order valence-corrected chi connectivity index (χ0v) is 11.0. The van der Waals surface area contributed by atoms with E-state index >= 15 is 0 Å². The summed E-state index contributed by atoms with van der Waals surface area (Å²) >= 11 is 1.40. The highest BCUT2D eigenvalue weighted by Crippen LogP contribution is 2.23. The van der Waals surface area contributed by atoms with Gasteiger partial charge in [-0.05, 0) is 24.8 Å². The van der Waals surface area contributed by atoms with E-state index in [0.717, 1.165) is 11.3 Å². The van der Waals surface area contributed by atoms with Gasteiger partial charge in [-0.25, -0.2) is 0 Å². The molecule has 0 saturated heterocycles. The maximum absolute atomic E-state index is 11.8. The van der Waals surface area contributed by atoms with E-state index in [2.05, 4.69) is 4.98 Å². The molecule has 0 aliphatic rings. The van der Waals surface area contributed by atoms with E-state index in [0.29, 0.717) is 4.90 Å². The van der Waals surface area contributed by atoms with E-state index in [1.54, 1.807) is 0 Å². The van der Waals surface area contributed by atoms with Crippen LogP contribution in [0.15, 0.2) is 40.0 Å². The predicted molar refractivity (Wildman–Crippen MR) is 73.7 cm³/mol. The van der Waals surface area contributed by atoms with Gasteiger partial charge in [-0.15, -0.1) is 11.8 Å². The molecule has 0 aliphatic carbocycles. The molecule has 3 nitrogen and oxygen atoms in total. The van der Waals surface area contributed by atoms with Gasteiger partial charge in [0.05, 0.1) is 0 Å². The van der Waals surface area contributed by atoms with Gasteiger partial charge in [0, 0.05) is 10.6 Å². The molecule has 0 radical (unpaired) electrons. The van der Waals surface area contributed by atoms with Gasteiger partial charge in [-0.1, -0.05) is 29.8 Å². The number of hydrogen-bond donors (Lipinski definition) is 1. The summed E-state index contributed by atoms with van der Waals surface area (Å²) in [6, 6.07) is 11.7. The third-order valence-corrected chi connectivity index (χ3v) is 3.45. The summed E-state index contributed by atoms with van der Waals surface area (Å²) in [5.41, 5.74) is 2.69. The van der Waals surface area contributed by atoms with Crippen LogP contribution in [0.2, 0.25) is 0 Å². The Kier molecular flexibility index (Phi) is 3.54. The summed E-state index contributed by atoms with van der Waals surface area (Å²) in [6.45, 7) is 2.01. The highest BCUT2D eigenvalue weighted by molar-refractivity contribution is 7.98. The van der Waals surface area contributed by atoms with Crippen molar-refractivity contribution in [1.82, 2.24) is 4.98 Å². The molecule has 0 bridgehead atoms. The zero-order valence-electron chi connectivity index (χ0n) is 10.2. The lowest BCUT2D eigenvalue weighted by Gasteiger charge is -2.05. The number of rotatable bonds is 2. The van der Waals surface area contributed by atoms with Crippen LogP contribution in [0.25, 0.3) is 11.3 Å². The maximum Gasteiger partial charge on any atom is 0.267 e. The van der Waals surface area contributed by atoms with Crippen molar-refractivity contribution in [2.24, 2.45) is 0 Å². The number of aryl methyl sites for hydroxylation is 1. The van der Waals surface area contributed by atoms with E-state index in [4.69, 9.17) is 5.26 Å². The van der Waals surface area contributed by atoms with Gasteiger partial charge in [0.25, 0.3) is 5.56 Å². The summed E-state index contributed by atoms with van der Waals surface area (Å²) in [4.78, 5) is 15.3. The molecule has 0 atom stereocenters. The van der Waals surface area contributed by atoms with Crippen molar-refractivity contribution < 1.29 is 0 Å². The fourth-order valence-corrected chi connectivity index (χ4v) is 2.27. The van der Waals surface area contributed by atoms with Gasteiger partial charge in [0.15, 0.2) is 0 Å². The Morgan fingerprint density at radius 2 is 1.94 bits per heavy atom. The van der Waals surface area contributed by atoms with Gasteiger partial charge in [0.2, 0.25) is 0 Å². The van der Waals surface area contributed by atoms with Crippen LogP contribution in [0.1, 0.15) is 11.1 Å². The minimum Gasteiger partial charge on any atom is -0.321 e. The minimum absolute atomic E-state index is 0.179. The fourth-order valence-electron chi connectivity index (χ4n) is 1.69. The second kappa shape index (κ2) is 5.11. The van der Waals surface area contributed by atoms with Gasteiger partial charge < -0.3 is 4.98 Å². The summed E-state index contributed by atoms with van der Waals surface area (Å²) in [7, 11) is 0. The highest BCUT2D eigenvalue weighted by Gasteiger charge is 2.09. The lowest BCUT2D eigenvalue weighted by atomic mass is 10.1. The minimum atomic E-state index is -0.333. The Labute approximate surface area is 109 Å². The molecule has 0 saturated carbocycles. The Morgan fingerprint density at radius 3 is 2.50 bits per heavy atom. The standard InChI is InChI=1S/C14H12N2OS/c1-9-3-5-10(6-4-9)12-7-13(18-2)11(8-15)14(17)16-12/h3-7H,1-2H3,(H,16,17). The molecule has 90 valence electrons. The van der Waals surface area contributed by atoms with Crippen LogP contribution in [0, 0.1) is 18.3 Å². The molecule has 18 heavy (non-hydrogen) atoms. The smallest absolute Gasteiger partial charge is 0.267 e. The molecule has 1 aromatic heterocycles. The lowest BCUT2D eigenvalue weighted by Crippen LogP contribution is -2.12. The highest BCUT2D eigenvalue weighted by atomic mass is 32.2. The molecule has 0 amide bonds. The number of nitriles is 1. The van der Waals surface area contributed by atoms with Crippen LogP contribution in [-0.2, 0) is 0 Å². The van der Waals surface area contributed by atoms with E-state index in [1.807, 2.05) is 49.6 Å². The molecule has 0 aliphatic heterocycles. The molecule has 0 unspecified atom stereocenters. The van der Waals surface area contributed by atoms with Crippen LogP contribution >= 0.6 is 11.8 Å². The van der Waals surface area contributed by atoms with Crippen LogP contribution in [-0.4, -0.2) is 11.2 Å². The van der Waals surface area contributed by atoms with Crippen molar-refractivity contribution in [1.29, 1.82) is 5.26 Å². The monoisotopic (exact) mass is 256 g/mol. The summed E-state index contributed by atoms with van der Waals surface area (Å²) in [5.74, 6) is 0. The summed E-state index contributed by atoms with van der Waals surface area (Å²) in [5, 5.41) is 8.94. The van der Waals surface area contributed by atoms with Gasteiger partial charge in [-0.3, -0.25) is 4.79 Å². The Bertz CT molecular complexity index is 666. The van der Waals surface area contributed by atoms with Crippen LogP contribution < -0.4 is 5.56 Å². The number of pyridine rings is 1. The van der Waals surface area contributed by atoms with Crippen LogP contribution in [0.5, 0.6) is 0 Å². The average Bonchev–Trinajstić information content (AvgIpc) is 2.38. The van der Waals surface area contributed by atoms with Crippen molar-refractivity contribution in [3.8, 4) is 17.3 Å². The van der Waals surface area contributed by atoms with Crippen molar-refractivity contribution in [3.63, 3.8) is 0 Å². The molecule has 4 heteroatoms. The number of nitrogens with zero attached hydrogens (tertiary/aromatic N) is 1. The topological polar surface area (TPSA) is 56.6 Å². The predicted octanol–water partition coefficient (Wildman–Crippen LogP) is 2.94. The molecule has 2 aromatic rings. The van der Waals surface area contributed by atoms with Gasteiger partial charge >= 0.3 is 0 Å². The largest absolute Gasteiger partial charge is 0.321 e. The number of aromatic amines is 1. The van der Waals surface area contributed by atoms with E-state index < -0.39 is 0 Å². The lowest BCUT2D eigenvalue weighted by molar-refractivity contribution is 1.16. The van der Waals surface area contributed by atoms with E-state index in [1.165, 1.54) is 17.3 Å². The number of hydrogen-bond acceptors (Lipinski definition) is 3. The quantitative estimate of drug-likeness (QED) is 0.840. The number of benzene rings is 1. The fraction of sp³-hybridized carbons (Fsp3) is 0.143. The Morgan fingerprint density at radius 1 is 1.28 bits per heavy atom. The Hall–Kier alpha value is -1.99. The maximum atomic E-state index is 11.8. The average molecular weight is 256 g/mol. The number of aromatic nitrogens is 1. The van der Waals surface area contributed by atoms with Gasteiger partial charge in [-0.2, -0.15) is 5.26 Å². The summed E-state index contributed by atoms with van der Waals surface area (Å²) < 4.78 is 0. The van der Waals surface area contributed by atoms with E-state index in [-0.39, 0.29) is 11.1 Å². The first-order valence-electron chi connectivity index (χ1n) is 5.44. The molecule has 2 rings (SSSR count). The van der Waals surface area contributed by atoms with Crippen molar-refractivity contribution in [3.05, 3.63) is 51.8 Å². The van der Waals surface area contributed by atoms with Gasteiger partial charge in [0.1, 0.15) is 11.6 Å². The number of thioether (sulfide) groups is 1. The van der Waals surface area contributed by atoms with Crippen molar-refractivity contribution in [2.75, 3.05) is 6.26 Å². The van der Waals surface area contributed by atoms with Crippen molar-refractivity contribution >= 4 is 11.8 Å². The van der Waals surface area contributed by atoms with Crippen LogP contribution in [0.3, 0.4) is 0 Å². The second-order valence-electron chi connectivity index (χ2n) is 3.93. The first-order valence-corrected chi connectivity index (χ1v) is 6.66. The first kappa shape index (κ1) is 12.5. The molecular formula is C14H12N2OS. The molecule has 1 aromatic carbocycles. The number of H-pyrrole nitrogens is 1. The third kappa shape index (κ3) is 2.31. The van der Waals surface area contributed by atoms with Crippen molar-refractivity contribution in [2.45, 2.75) is 11.8 Å². The number of nitrogens with one attached hydrogen (secondary N) is 1. The zero-order chi connectivity index (χ0) is 13.1. The first-order chi connectivity index (χ1) is 8.65.